The van der Waals surface area contributed by atoms with Crippen LogP contribution >= 0.6 is 0 Å². The molecule has 0 radical (unpaired) electrons. The highest BCUT2D eigenvalue weighted by Gasteiger charge is 2.22. The third-order valence-electron chi connectivity index (χ3n) is 3.53. The number of hydrogen-bond acceptors (Lipinski definition) is 7. The van der Waals surface area contributed by atoms with E-state index in [2.05, 4.69) is 4.74 Å². The van der Waals surface area contributed by atoms with Gasteiger partial charge in [-0.05, 0) is 29.8 Å². The first-order valence-corrected chi connectivity index (χ1v) is 6.61. The van der Waals surface area contributed by atoms with Gasteiger partial charge < -0.3 is 24.5 Å². The van der Waals surface area contributed by atoms with Gasteiger partial charge in [-0.15, -0.1) is 0 Å². The third kappa shape index (κ3) is 2.18. The number of hydrogen-bond donors (Lipinski definition) is 3. The average Bonchev–Trinajstić information content (AvgIpc) is 2.54. The summed E-state index contributed by atoms with van der Waals surface area (Å²) in [5, 5.41) is 28.7. The third-order valence-corrected chi connectivity index (χ3v) is 3.53. The van der Waals surface area contributed by atoms with Crippen molar-refractivity contribution in [2.24, 2.45) is 0 Å². The Hall–Kier alpha value is -3.06. The zero-order chi connectivity index (χ0) is 16.7. The minimum Gasteiger partial charge on any atom is -0.507 e. The van der Waals surface area contributed by atoms with Gasteiger partial charge in [0.25, 0.3) is 0 Å². The van der Waals surface area contributed by atoms with Gasteiger partial charge in [0.1, 0.15) is 33.6 Å². The molecular formula is C16H12O7. The molecule has 0 amide bonds. The van der Waals surface area contributed by atoms with Gasteiger partial charge in [0, 0.05) is 0 Å². The van der Waals surface area contributed by atoms with E-state index in [1.165, 1.54) is 24.3 Å². The fourth-order valence-corrected chi connectivity index (χ4v) is 2.49. The molecule has 118 valence electrons. The van der Waals surface area contributed by atoms with Crippen LogP contribution in [0.1, 0.15) is 15.9 Å². The Balaban J connectivity index is 2.55. The highest BCUT2D eigenvalue weighted by atomic mass is 16.5. The first-order chi connectivity index (χ1) is 11.0. The predicted molar refractivity (Wildman–Crippen MR) is 80.6 cm³/mol. The van der Waals surface area contributed by atoms with Crippen molar-refractivity contribution in [2.45, 2.75) is 6.61 Å². The molecule has 0 aliphatic carbocycles. The van der Waals surface area contributed by atoms with E-state index in [9.17, 15) is 19.8 Å². The van der Waals surface area contributed by atoms with E-state index in [4.69, 9.17) is 9.52 Å². The molecule has 3 N–H and O–H groups in total. The van der Waals surface area contributed by atoms with Crippen LogP contribution in [0.5, 0.6) is 11.5 Å². The second-order valence-corrected chi connectivity index (χ2v) is 4.90. The van der Waals surface area contributed by atoms with Crippen molar-refractivity contribution < 1.29 is 29.3 Å². The van der Waals surface area contributed by atoms with Gasteiger partial charge in [0.05, 0.1) is 19.1 Å². The molecule has 3 aromatic rings. The maximum atomic E-state index is 12.7. The summed E-state index contributed by atoms with van der Waals surface area (Å²) in [6, 6.07) is 5.19. The largest absolute Gasteiger partial charge is 0.507 e. The van der Waals surface area contributed by atoms with Gasteiger partial charge in [-0.1, -0.05) is 0 Å². The lowest BCUT2D eigenvalue weighted by Gasteiger charge is -2.09. The molecule has 0 atom stereocenters. The smallest absolute Gasteiger partial charge is 0.342 e. The van der Waals surface area contributed by atoms with Crippen molar-refractivity contribution in [1.82, 2.24) is 0 Å². The minimum atomic E-state index is -0.897. The number of esters is 1. The van der Waals surface area contributed by atoms with Gasteiger partial charge in [-0.3, -0.25) is 4.79 Å². The Morgan fingerprint density at radius 3 is 2.52 bits per heavy atom. The standard InChI is InChI=1S/C16H12O7/c1-22-16(21)13-8(18)2-3-10-14(13)15(20)12-9(19)4-7(6-17)5-11(12)23-10/h2-5,17-19H,6H2,1H3. The van der Waals surface area contributed by atoms with Crippen LogP contribution in [0.3, 0.4) is 0 Å². The number of phenols is 2. The molecule has 0 bridgehead atoms. The van der Waals surface area contributed by atoms with Crippen LogP contribution < -0.4 is 5.43 Å². The van der Waals surface area contributed by atoms with Crippen LogP contribution in [0.2, 0.25) is 0 Å². The second-order valence-electron chi connectivity index (χ2n) is 4.90. The molecule has 0 spiro atoms. The Morgan fingerprint density at radius 2 is 1.87 bits per heavy atom. The van der Waals surface area contributed by atoms with E-state index in [0.717, 1.165) is 7.11 Å². The molecule has 1 aromatic heterocycles. The topological polar surface area (TPSA) is 117 Å². The van der Waals surface area contributed by atoms with Gasteiger partial charge in [0.15, 0.2) is 0 Å². The summed E-state index contributed by atoms with van der Waals surface area (Å²) in [5.41, 5.74) is -0.529. The maximum Gasteiger partial charge on any atom is 0.342 e. The monoisotopic (exact) mass is 316 g/mol. The van der Waals surface area contributed by atoms with Crippen LogP contribution in [0.25, 0.3) is 21.9 Å². The van der Waals surface area contributed by atoms with Gasteiger partial charge in [-0.25, -0.2) is 4.79 Å². The van der Waals surface area contributed by atoms with Crippen molar-refractivity contribution in [3.8, 4) is 11.5 Å². The van der Waals surface area contributed by atoms with E-state index in [0.29, 0.717) is 5.56 Å². The Labute approximate surface area is 129 Å². The Morgan fingerprint density at radius 1 is 1.13 bits per heavy atom. The molecule has 23 heavy (non-hydrogen) atoms. The molecule has 0 fully saturated rings. The minimum absolute atomic E-state index is 0.0511. The molecule has 0 saturated carbocycles. The van der Waals surface area contributed by atoms with Crippen LogP contribution in [-0.2, 0) is 11.3 Å². The first kappa shape index (κ1) is 14.9. The number of aliphatic hydroxyl groups is 1. The fraction of sp³-hybridized carbons (Fsp3) is 0.125. The summed E-state index contributed by atoms with van der Waals surface area (Å²) < 4.78 is 10.1. The summed E-state index contributed by atoms with van der Waals surface area (Å²) in [6.45, 7) is -0.339. The quantitative estimate of drug-likeness (QED) is 0.486. The van der Waals surface area contributed by atoms with E-state index in [-0.39, 0.29) is 39.9 Å². The first-order valence-electron chi connectivity index (χ1n) is 6.61. The molecule has 1 heterocycles. The number of ether oxygens (including phenoxy) is 1. The lowest BCUT2D eigenvalue weighted by atomic mass is 10.0. The highest BCUT2D eigenvalue weighted by molar-refractivity contribution is 6.08. The van der Waals surface area contributed by atoms with E-state index >= 15 is 0 Å². The van der Waals surface area contributed by atoms with Crippen molar-refractivity contribution >= 4 is 27.9 Å². The van der Waals surface area contributed by atoms with E-state index in [1.807, 2.05) is 0 Å². The molecule has 3 rings (SSSR count). The number of fused-ring (bicyclic) bond motifs is 2. The van der Waals surface area contributed by atoms with Crippen molar-refractivity contribution in [3.63, 3.8) is 0 Å². The normalized spacial score (nSPS) is 11.0. The molecule has 0 aliphatic heterocycles. The predicted octanol–water partition coefficient (Wildman–Crippen LogP) is 1.64. The number of phenolic OH excluding ortho intramolecular Hbond substituents is 2. The molecule has 0 saturated heterocycles. The number of rotatable bonds is 2. The summed E-state index contributed by atoms with van der Waals surface area (Å²) in [5.74, 6) is -1.71. The lowest BCUT2D eigenvalue weighted by molar-refractivity contribution is 0.0599. The molecule has 7 nitrogen and oxygen atoms in total. The van der Waals surface area contributed by atoms with Crippen LogP contribution in [0, 0.1) is 0 Å². The average molecular weight is 316 g/mol. The molecule has 7 heteroatoms. The molecule has 0 aliphatic rings. The summed E-state index contributed by atoms with van der Waals surface area (Å²) in [7, 11) is 1.12. The second kappa shape index (κ2) is 5.29. The SMILES string of the molecule is COC(=O)c1c(O)ccc2oc3cc(CO)cc(O)c3c(=O)c12. The Bertz CT molecular complexity index is 1000. The highest BCUT2D eigenvalue weighted by Crippen LogP contribution is 2.31. The summed E-state index contributed by atoms with van der Waals surface area (Å²) >= 11 is 0. The number of aliphatic hydroxyl groups excluding tert-OH is 1. The van der Waals surface area contributed by atoms with Gasteiger partial charge >= 0.3 is 5.97 Å². The number of carbonyl (C=O) groups is 1. The zero-order valence-electron chi connectivity index (χ0n) is 12.0. The zero-order valence-corrected chi connectivity index (χ0v) is 12.0. The van der Waals surface area contributed by atoms with Crippen LogP contribution in [0.4, 0.5) is 0 Å². The maximum absolute atomic E-state index is 12.7. The van der Waals surface area contributed by atoms with Crippen LogP contribution in [0.15, 0.2) is 33.5 Å². The van der Waals surface area contributed by atoms with Gasteiger partial charge in [0.2, 0.25) is 5.43 Å². The summed E-state index contributed by atoms with van der Waals surface area (Å²) in [4.78, 5) is 24.6. The van der Waals surface area contributed by atoms with E-state index < -0.39 is 17.1 Å². The number of methoxy groups -OCH3 is 1. The van der Waals surface area contributed by atoms with Crippen LogP contribution in [-0.4, -0.2) is 28.4 Å². The number of benzene rings is 2. The van der Waals surface area contributed by atoms with Crippen molar-refractivity contribution in [3.05, 3.63) is 45.6 Å². The number of aromatic hydroxyl groups is 2. The number of carbonyl (C=O) groups excluding carboxylic acids is 1. The lowest BCUT2D eigenvalue weighted by Crippen LogP contribution is -2.11. The molecule has 0 unspecified atom stereocenters. The van der Waals surface area contributed by atoms with Crippen molar-refractivity contribution in [1.29, 1.82) is 0 Å². The molecular weight excluding hydrogens is 304 g/mol. The summed E-state index contributed by atoms with van der Waals surface area (Å²) in [6.07, 6.45) is 0. The fourth-order valence-electron chi connectivity index (χ4n) is 2.49. The van der Waals surface area contributed by atoms with Gasteiger partial charge in [-0.2, -0.15) is 0 Å². The van der Waals surface area contributed by atoms with E-state index in [1.54, 1.807) is 0 Å². The van der Waals surface area contributed by atoms with Crippen molar-refractivity contribution in [2.75, 3.05) is 7.11 Å². The molecule has 2 aromatic carbocycles. The Kier molecular flexibility index (Phi) is 3.42.